The van der Waals surface area contributed by atoms with E-state index in [9.17, 15) is 0 Å². The summed E-state index contributed by atoms with van der Waals surface area (Å²) in [5, 5.41) is 6.39. The molecular formula is C12H10BrN5. The van der Waals surface area contributed by atoms with E-state index in [2.05, 4.69) is 31.0 Å². The second-order valence-electron chi connectivity index (χ2n) is 3.78. The van der Waals surface area contributed by atoms with Crippen LogP contribution in [0.1, 0.15) is 5.82 Å². The number of hydrogen-bond donors (Lipinski definition) is 1. The highest BCUT2D eigenvalue weighted by molar-refractivity contribution is 9.10. The molecule has 18 heavy (non-hydrogen) atoms. The van der Waals surface area contributed by atoms with Crippen LogP contribution < -0.4 is 5.73 Å². The molecule has 0 amide bonds. The first-order valence-corrected chi connectivity index (χ1v) is 6.23. The third-order valence-corrected chi connectivity index (χ3v) is 3.36. The van der Waals surface area contributed by atoms with Crippen LogP contribution in [0.3, 0.4) is 0 Å². The van der Waals surface area contributed by atoms with Crippen molar-refractivity contribution in [3.63, 3.8) is 0 Å². The van der Waals surface area contributed by atoms with Crippen LogP contribution in [-0.2, 0) is 6.54 Å². The maximum Gasteiger partial charge on any atom is 0.164 e. The Kier molecular flexibility index (Phi) is 2.81. The molecule has 1 aromatic carbocycles. The predicted octanol–water partition coefficient (Wildman–Crippen LogP) is 2.04. The van der Waals surface area contributed by atoms with Crippen LogP contribution in [0, 0.1) is 0 Å². The highest BCUT2D eigenvalue weighted by Crippen LogP contribution is 2.26. The van der Waals surface area contributed by atoms with E-state index < -0.39 is 0 Å². The molecule has 0 saturated carbocycles. The molecule has 0 saturated heterocycles. The first-order valence-electron chi connectivity index (χ1n) is 5.44. The quantitative estimate of drug-likeness (QED) is 0.786. The van der Waals surface area contributed by atoms with E-state index in [0.717, 1.165) is 21.1 Å². The van der Waals surface area contributed by atoms with Gasteiger partial charge in [0.05, 0.1) is 6.54 Å². The van der Waals surface area contributed by atoms with Crippen molar-refractivity contribution in [2.24, 2.45) is 5.73 Å². The van der Waals surface area contributed by atoms with Crippen LogP contribution in [0.25, 0.3) is 16.6 Å². The van der Waals surface area contributed by atoms with Crippen LogP contribution in [0.2, 0.25) is 0 Å². The van der Waals surface area contributed by atoms with Gasteiger partial charge in [0.15, 0.2) is 11.6 Å². The van der Waals surface area contributed by atoms with Crippen LogP contribution in [-0.4, -0.2) is 19.7 Å². The largest absolute Gasteiger partial charge is 0.324 e. The molecule has 6 heteroatoms. The van der Waals surface area contributed by atoms with Crippen LogP contribution >= 0.6 is 15.9 Å². The summed E-state index contributed by atoms with van der Waals surface area (Å²) in [4.78, 5) is 8.48. The van der Waals surface area contributed by atoms with Gasteiger partial charge in [0, 0.05) is 21.4 Å². The van der Waals surface area contributed by atoms with Crippen molar-refractivity contribution in [3.05, 3.63) is 47.1 Å². The summed E-state index contributed by atoms with van der Waals surface area (Å²) in [6.07, 6.45) is 3.39. The van der Waals surface area contributed by atoms with Crippen molar-refractivity contribution in [1.29, 1.82) is 0 Å². The third kappa shape index (κ3) is 1.79. The lowest BCUT2D eigenvalue weighted by molar-refractivity contribution is 0.815. The van der Waals surface area contributed by atoms with Gasteiger partial charge in [0.2, 0.25) is 0 Å². The minimum absolute atomic E-state index is 0.321. The van der Waals surface area contributed by atoms with Crippen LogP contribution in [0.4, 0.5) is 0 Å². The summed E-state index contributed by atoms with van der Waals surface area (Å²) in [5.41, 5.74) is 5.51. The Bertz CT molecular complexity index is 707. The molecule has 3 aromatic rings. The number of rotatable bonds is 2. The summed E-state index contributed by atoms with van der Waals surface area (Å²) < 4.78 is 2.68. The van der Waals surface area contributed by atoms with Crippen molar-refractivity contribution < 1.29 is 0 Å². The lowest BCUT2D eigenvalue weighted by Crippen LogP contribution is -2.02. The van der Waals surface area contributed by atoms with Gasteiger partial charge in [-0.25, -0.2) is 14.6 Å². The van der Waals surface area contributed by atoms with Gasteiger partial charge >= 0.3 is 0 Å². The Morgan fingerprint density at radius 3 is 2.83 bits per heavy atom. The molecule has 2 heterocycles. The molecule has 0 atom stereocenters. The van der Waals surface area contributed by atoms with E-state index >= 15 is 0 Å². The van der Waals surface area contributed by atoms with Gasteiger partial charge in [0.25, 0.3) is 0 Å². The van der Waals surface area contributed by atoms with Crippen molar-refractivity contribution in [3.8, 4) is 5.82 Å². The molecule has 0 aliphatic rings. The minimum Gasteiger partial charge on any atom is -0.324 e. The predicted molar refractivity (Wildman–Crippen MR) is 72.3 cm³/mol. The molecule has 0 bridgehead atoms. The standard InChI is InChI=1S/C12H10BrN5/c13-10-3-1-2-9-8(10)4-5-15-12(9)18-7-16-11(6-14)17-18/h1-5,7H,6,14H2. The van der Waals surface area contributed by atoms with Gasteiger partial charge in [-0.2, -0.15) is 0 Å². The number of nitrogens with zero attached hydrogens (tertiary/aromatic N) is 4. The highest BCUT2D eigenvalue weighted by atomic mass is 79.9. The normalized spacial score (nSPS) is 11.0. The zero-order valence-electron chi connectivity index (χ0n) is 9.42. The number of hydrogen-bond acceptors (Lipinski definition) is 4. The summed E-state index contributed by atoms with van der Waals surface area (Å²) in [7, 11) is 0. The SMILES string of the molecule is NCc1ncn(-c2nccc3c(Br)cccc23)n1. The Hall–Kier alpha value is -1.79. The molecule has 90 valence electrons. The van der Waals surface area contributed by atoms with Crippen molar-refractivity contribution in [2.45, 2.75) is 6.54 Å². The van der Waals surface area contributed by atoms with Gasteiger partial charge in [-0.15, -0.1) is 5.10 Å². The zero-order valence-corrected chi connectivity index (χ0v) is 11.0. The zero-order chi connectivity index (χ0) is 12.5. The molecule has 2 N–H and O–H groups in total. The molecule has 3 rings (SSSR count). The second kappa shape index (κ2) is 4.47. The highest BCUT2D eigenvalue weighted by Gasteiger charge is 2.08. The van der Waals surface area contributed by atoms with E-state index in [1.807, 2.05) is 24.3 Å². The first-order chi connectivity index (χ1) is 8.79. The molecule has 0 spiro atoms. The van der Waals surface area contributed by atoms with Crippen molar-refractivity contribution in [1.82, 2.24) is 19.7 Å². The van der Waals surface area contributed by atoms with E-state index in [4.69, 9.17) is 5.73 Å². The van der Waals surface area contributed by atoms with E-state index in [1.165, 1.54) is 0 Å². The molecule has 0 aliphatic heterocycles. The fourth-order valence-electron chi connectivity index (χ4n) is 1.83. The number of benzene rings is 1. The van der Waals surface area contributed by atoms with Gasteiger partial charge in [-0.3, -0.25) is 0 Å². The van der Waals surface area contributed by atoms with Crippen LogP contribution in [0.5, 0.6) is 0 Å². The summed E-state index contributed by atoms with van der Waals surface area (Å²) >= 11 is 3.53. The average molecular weight is 304 g/mol. The maximum atomic E-state index is 5.51. The summed E-state index contributed by atoms with van der Waals surface area (Å²) in [6.45, 7) is 0.321. The molecular weight excluding hydrogens is 294 g/mol. The number of pyridine rings is 1. The minimum atomic E-state index is 0.321. The lowest BCUT2D eigenvalue weighted by Gasteiger charge is -2.05. The fourth-order valence-corrected chi connectivity index (χ4v) is 2.33. The molecule has 0 aliphatic carbocycles. The molecule has 0 radical (unpaired) electrons. The van der Waals surface area contributed by atoms with Gasteiger partial charge in [0.1, 0.15) is 6.33 Å². The number of fused-ring (bicyclic) bond motifs is 1. The number of halogens is 1. The maximum absolute atomic E-state index is 5.51. The smallest absolute Gasteiger partial charge is 0.164 e. The van der Waals surface area contributed by atoms with E-state index in [-0.39, 0.29) is 0 Å². The molecule has 0 unspecified atom stereocenters. The fraction of sp³-hybridized carbons (Fsp3) is 0.0833. The van der Waals surface area contributed by atoms with Gasteiger partial charge < -0.3 is 5.73 Å². The number of nitrogens with two attached hydrogens (primary N) is 1. The topological polar surface area (TPSA) is 69.6 Å². The lowest BCUT2D eigenvalue weighted by atomic mass is 10.1. The molecule has 2 aromatic heterocycles. The average Bonchev–Trinajstić information content (AvgIpc) is 2.87. The summed E-state index contributed by atoms with van der Waals surface area (Å²) in [6, 6.07) is 7.94. The Morgan fingerprint density at radius 2 is 2.06 bits per heavy atom. The van der Waals surface area contributed by atoms with E-state index in [1.54, 1.807) is 17.2 Å². The Morgan fingerprint density at radius 1 is 1.17 bits per heavy atom. The van der Waals surface area contributed by atoms with Gasteiger partial charge in [-0.1, -0.05) is 28.1 Å². The van der Waals surface area contributed by atoms with Crippen molar-refractivity contribution >= 4 is 26.7 Å². The van der Waals surface area contributed by atoms with Crippen molar-refractivity contribution in [2.75, 3.05) is 0 Å². The Labute approximate surface area is 112 Å². The third-order valence-electron chi connectivity index (χ3n) is 2.67. The van der Waals surface area contributed by atoms with Crippen LogP contribution in [0.15, 0.2) is 41.3 Å². The summed E-state index contributed by atoms with van der Waals surface area (Å²) in [5.74, 6) is 1.35. The molecule has 0 fully saturated rings. The Balaban J connectivity index is 2.26. The molecule has 5 nitrogen and oxygen atoms in total. The van der Waals surface area contributed by atoms with Gasteiger partial charge in [-0.05, 0) is 12.1 Å². The first kappa shape index (κ1) is 11.3. The number of aromatic nitrogens is 4. The second-order valence-corrected chi connectivity index (χ2v) is 4.63. The monoisotopic (exact) mass is 303 g/mol. The van der Waals surface area contributed by atoms with E-state index in [0.29, 0.717) is 12.4 Å².